The van der Waals surface area contributed by atoms with Crippen molar-refractivity contribution in [3.63, 3.8) is 0 Å². The van der Waals surface area contributed by atoms with Crippen LogP contribution in [0.25, 0.3) is 11.4 Å². The Kier molecular flexibility index (Phi) is 5.71. The lowest BCUT2D eigenvalue weighted by atomic mass is 9.99. The molecule has 0 bridgehead atoms. The van der Waals surface area contributed by atoms with Gasteiger partial charge in [-0.2, -0.15) is 0 Å². The zero-order valence-corrected chi connectivity index (χ0v) is 15.0. The van der Waals surface area contributed by atoms with Gasteiger partial charge in [0.2, 0.25) is 0 Å². The molecule has 7 heteroatoms. The molecular formula is C20H19FN4O2. The molecule has 0 amide bonds. The highest BCUT2D eigenvalue weighted by molar-refractivity contribution is 5.78. The summed E-state index contributed by atoms with van der Waals surface area (Å²) in [6.07, 6.45) is 3.35. The predicted octanol–water partition coefficient (Wildman–Crippen LogP) is 3.35. The molecule has 0 saturated carbocycles. The molecule has 2 heterocycles. The number of halogens is 1. The molecule has 138 valence electrons. The standard InChI is InChI=1S/C20H19FN4O2/c1-13-11-18(25-19(24-13)15-7-9-22-10-8-15)23-12-17(20(26)27-2)14-3-5-16(21)6-4-14/h3-11,17H,12H2,1-2H3,(H,23,24,25). The zero-order valence-electron chi connectivity index (χ0n) is 15.0. The molecule has 0 radical (unpaired) electrons. The van der Waals surface area contributed by atoms with Gasteiger partial charge >= 0.3 is 5.97 Å². The minimum Gasteiger partial charge on any atom is -0.468 e. The predicted molar refractivity (Wildman–Crippen MR) is 99.6 cm³/mol. The molecule has 2 aromatic heterocycles. The molecule has 3 aromatic rings. The van der Waals surface area contributed by atoms with Gasteiger partial charge in [-0.05, 0) is 36.8 Å². The monoisotopic (exact) mass is 366 g/mol. The SMILES string of the molecule is COC(=O)C(CNc1cc(C)nc(-c2ccncc2)n1)c1ccc(F)cc1. The van der Waals surface area contributed by atoms with Crippen LogP contribution in [-0.4, -0.2) is 34.6 Å². The van der Waals surface area contributed by atoms with E-state index < -0.39 is 11.9 Å². The van der Waals surface area contributed by atoms with E-state index in [-0.39, 0.29) is 12.4 Å². The van der Waals surface area contributed by atoms with Crippen molar-refractivity contribution in [1.82, 2.24) is 15.0 Å². The molecule has 1 N–H and O–H groups in total. The molecular weight excluding hydrogens is 347 g/mol. The van der Waals surface area contributed by atoms with E-state index in [4.69, 9.17) is 4.74 Å². The first-order valence-corrected chi connectivity index (χ1v) is 8.40. The second-order valence-electron chi connectivity index (χ2n) is 5.96. The lowest BCUT2D eigenvalue weighted by Gasteiger charge is -2.17. The number of benzene rings is 1. The third kappa shape index (κ3) is 4.63. The summed E-state index contributed by atoms with van der Waals surface area (Å²) in [5, 5.41) is 3.16. The van der Waals surface area contributed by atoms with Crippen molar-refractivity contribution >= 4 is 11.8 Å². The number of hydrogen-bond donors (Lipinski definition) is 1. The molecule has 27 heavy (non-hydrogen) atoms. The maximum atomic E-state index is 13.2. The largest absolute Gasteiger partial charge is 0.468 e. The first kappa shape index (κ1) is 18.4. The van der Waals surface area contributed by atoms with E-state index in [2.05, 4.69) is 20.3 Å². The molecule has 0 aliphatic rings. The lowest BCUT2D eigenvalue weighted by molar-refractivity contribution is -0.142. The van der Waals surface area contributed by atoms with Crippen LogP contribution in [0.1, 0.15) is 17.2 Å². The second-order valence-corrected chi connectivity index (χ2v) is 5.96. The maximum Gasteiger partial charge on any atom is 0.314 e. The summed E-state index contributed by atoms with van der Waals surface area (Å²) in [4.78, 5) is 25.1. The normalized spacial score (nSPS) is 11.7. The third-order valence-corrected chi connectivity index (χ3v) is 4.04. The number of nitrogens with zero attached hydrogens (tertiary/aromatic N) is 3. The van der Waals surface area contributed by atoms with Crippen LogP contribution >= 0.6 is 0 Å². The molecule has 6 nitrogen and oxygen atoms in total. The average Bonchev–Trinajstić information content (AvgIpc) is 2.69. The quantitative estimate of drug-likeness (QED) is 0.674. The van der Waals surface area contributed by atoms with Gasteiger partial charge < -0.3 is 10.1 Å². The number of pyridine rings is 1. The molecule has 1 unspecified atom stereocenters. The fourth-order valence-electron chi connectivity index (χ4n) is 2.67. The Balaban J connectivity index is 1.82. The van der Waals surface area contributed by atoms with Gasteiger partial charge in [-0.1, -0.05) is 12.1 Å². The van der Waals surface area contributed by atoms with Crippen molar-refractivity contribution in [2.75, 3.05) is 19.0 Å². The molecule has 0 fully saturated rings. The maximum absolute atomic E-state index is 13.2. The number of esters is 1. The highest BCUT2D eigenvalue weighted by atomic mass is 19.1. The Bertz CT molecular complexity index is 917. The van der Waals surface area contributed by atoms with Crippen LogP contribution in [-0.2, 0) is 9.53 Å². The molecule has 1 aromatic carbocycles. The van der Waals surface area contributed by atoms with Gasteiger partial charge in [0.05, 0.1) is 13.0 Å². The molecule has 0 aliphatic heterocycles. The Morgan fingerprint density at radius 2 is 1.85 bits per heavy atom. The highest BCUT2D eigenvalue weighted by Crippen LogP contribution is 2.21. The first-order chi connectivity index (χ1) is 13.1. The van der Waals surface area contributed by atoms with Crippen molar-refractivity contribution in [2.24, 2.45) is 0 Å². The summed E-state index contributed by atoms with van der Waals surface area (Å²) < 4.78 is 18.1. The topological polar surface area (TPSA) is 77.0 Å². The van der Waals surface area contributed by atoms with Crippen LogP contribution in [0.4, 0.5) is 10.2 Å². The van der Waals surface area contributed by atoms with Crippen LogP contribution in [0.5, 0.6) is 0 Å². The average molecular weight is 366 g/mol. The fourth-order valence-corrected chi connectivity index (χ4v) is 2.67. The van der Waals surface area contributed by atoms with E-state index in [9.17, 15) is 9.18 Å². The summed E-state index contributed by atoms with van der Waals surface area (Å²) in [6, 6.07) is 11.2. The van der Waals surface area contributed by atoms with Crippen molar-refractivity contribution < 1.29 is 13.9 Å². The Hall–Kier alpha value is -3.35. The molecule has 3 rings (SSSR count). The summed E-state index contributed by atoms with van der Waals surface area (Å²) in [6.45, 7) is 2.12. The van der Waals surface area contributed by atoms with Gasteiger partial charge in [0.25, 0.3) is 0 Å². The Morgan fingerprint density at radius 3 is 2.52 bits per heavy atom. The van der Waals surface area contributed by atoms with Crippen LogP contribution in [0.2, 0.25) is 0 Å². The van der Waals surface area contributed by atoms with Crippen LogP contribution in [0, 0.1) is 12.7 Å². The van der Waals surface area contributed by atoms with Crippen molar-refractivity contribution in [1.29, 1.82) is 0 Å². The minimum absolute atomic E-state index is 0.255. The molecule has 0 saturated heterocycles. The highest BCUT2D eigenvalue weighted by Gasteiger charge is 2.21. The summed E-state index contributed by atoms with van der Waals surface area (Å²) in [7, 11) is 1.33. The number of carbonyl (C=O) groups is 1. The van der Waals surface area contributed by atoms with E-state index >= 15 is 0 Å². The van der Waals surface area contributed by atoms with Crippen molar-refractivity contribution in [3.05, 3.63) is 71.9 Å². The first-order valence-electron chi connectivity index (χ1n) is 8.40. The fraction of sp³-hybridized carbons (Fsp3) is 0.200. The number of aromatic nitrogens is 3. The van der Waals surface area contributed by atoms with E-state index in [1.54, 1.807) is 30.6 Å². The lowest BCUT2D eigenvalue weighted by Crippen LogP contribution is -2.23. The number of hydrogen-bond acceptors (Lipinski definition) is 6. The van der Waals surface area contributed by atoms with Gasteiger partial charge in [0, 0.05) is 36.3 Å². The van der Waals surface area contributed by atoms with Gasteiger partial charge in [-0.3, -0.25) is 9.78 Å². The number of rotatable bonds is 6. The van der Waals surface area contributed by atoms with E-state index in [0.29, 0.717) is 17.2 Å². The summed E-state index contributed by atoms with van der Waals surface area (Å²) in [5.41, 5.74) is 2.30. The van der Waals surface area contributed by atoms with Gasteiger partial charge in [-0.25, -0.2) is 14.4 Å². The smallest absolute Gasteiger partial charge is 0.314 e. The van der Waals surface area contributed by atoms with E-state index in [1.807, 2.05) is 19.1 Å². The Morgan fingerprint density at radius 1 is 1.15 bits per heavy atom. The molecule has 0 spiro atoms. The van der Waals surface area contributed by atoms with Crippen molar-refractivity contribution in [2.45, 2.75) is 12.8 Å². The molecule has 1 atom stereocenters. The Labute approximate surface area is 156 Å². The zero-order chi connectivity index (χ0) is 19.2. The third-order valence-electron chi connectivity index (χ3n) is 4.04. The van der Waals surface area contributed by atoms with Crippen molar-refractivity contribution in [3.8, 4) is 11.4 Å². The number of methoxy groups -OCH3 is 1. The van der Waals surface area contributed by atoms with Crippen LogP contribution < -0.4 is 5.32 Å². The molecule has 0 aliphatic carbocycles. The summed E-state index contributed by atoms with van der Waals surface area (Å²) >= 11 is 0. The van der Waals surface area contributed by atoms with Gasteiger partial charge in [-0.15, -0.1) is 0 Å². The van der Waals surface area contributed by atoms with Gasteiger partial charge in [0.15, 0.2) is 5.82 Å². The number of nitrogens with one attached hydrogen (secondary N) is 1. The minimum atomic E-state index is -0.588. The number of ether oxygens (including phenoxy) is 1. The number of aryl methyl sites for hydroxylation is 1. The number of anilines is 1. The van der Waals surface area contributed by atoms with E-state index in [0.717, 1.165) is 11.3 Å². The van der Waals surface area contributed by atoms with Gasteiger partial charge in [0.1, 0.15) is 11.6 Å². The van der Waals surface area contributed by atoms with Crippen LogP contribution in [0.15, 0.2) is 54.9 Å². The van der Waals surface area contributed by atoms with E-state index in [1.165, 1.54) is 19.2 Å². The van der Waals surface area contributed by atoms with Crippen LogP contribution in [0.3, 0.4) is 0 Å². The number of carbonyl (C=O) groups excluding carboxylic acids is 1. The summed E-state index contributed by atoms with van der Waals surface area (Å²) in [5.74, 6) is -0.199. The second kappa shape index (κ2) is 8.35.